The Morgan fingerprint density at radius 3 is 2.36 bits per heavy atom. The SMILES string of the molecule is O=S([O-])OCCCC(Cl)(Cl)Cl. The predicted octanol–water partition coefficient (Wildman–Crippen LogP) is 1.95. The van der Waals surface area contributed by atoms with E-state index in [0.29, 0.717) is 6.42 Å². The average Bonchev–Trinajstić information content (AvgIpc) is 1.78. The van der Waals surface area contributed by atoms with Crippen molar-refractivity contribution in [3.8, 4) is 0 Å². The van der Waals surface area contributed by atoms with Gasteiger partial charge >= 0.3 is 0 Å². The lowest BCUT2D eigenvalue weighted by Crippen LogP contribution is -2.05. The molecule has 3 nitrogen and oxygen atoms in total. The highest BCUT2D eigenvalue weighted by Crippen LogP contribution is 2.31. The molecule has 1 unspecified atom stereocenters. The van der Waals surface area contributed by atoms with Crippen LogP contribution >= 0.6 is 34.8 Å². The monoisotopic (exact) mass is 239 g/mol. The Bertz CT molecular complexity index is 135. The van der Waals surface area contributed by atoms with Crippen LogP contribution in [0.1, 0.15) is 12.8 Å². The zero-order valence-corrected chi connectivity index (χ0v) is 8.47. The lowest BCUT2D eigenvalue weighted by molar-refractivity contribution is 0.293. The second-order valence-electron chi connectivity index (χ2n) is 1.74. The van der Waals surface area contributed by atoms with E-state index in [0.717, 1.165) is 0 Å². The molecule has 0 N–H and O–H groups in total. The molecule has 0 rings (SSSR count). The third-order valence-corrected chi connectivity index (χ3v) is 1.71. The molecule has 11 heavy (non-hydrogen) atoms. The highest BCUT2D eigenvalue weighted by atomic mass is 35.6. The average molecular weight is 241 g/mol. The molecule has 0 aliphatic carbocycles. The summed E-state index contributed by atoms with van der Waals surface area (Å²) < 4.78 is 22.5. The first-order valence-corrected chi connectivity index (χ1v) is 4.84. The molecular formula is C4H6Cl3O3S-. The van der Waals surface area contributed by atoms with Gasteiger partial charge in [0, 0.05) is 0 Å². The van der Waals surface area contributed by atoms with Crippen LogP contribution in [0.15, 0.2) is 0 Å². The Morgan fingerprint density at radius 1 is 1.45 bits per heavy atom. The van der Waals surface area contributed by atoms with E-state index in [4.69, 9.17) is 34.8 Å². The van der Waals surface area contributed by atoms with Crippen LogP contribution in [0.2, 0.25) is 0 Å². The zero-order chi connectivity index (χ0) is 8.91. The van der Waals surface area contributed by atoms with Crippen LogP contribution in [-0.2, 0) is 15.5 Å². The van der Waals surface area contributed by atoms with Crippen LogP contribution in [0, 0.1) is 0 Å². The zero-order valence-electron chi connectivity index (χ0n) is 5.39. The van der Waals surface area contributed by atoms with E-state index >= 15 is 0 Å². The van der Waals surface area contributed by atoms with Gasteiger partial charge in [-0.3, -0.25) is 0 Å². The number of halogens is 3. The molecule has 0 aliphatic heterocycles. The molecule has 7 heteroatoms. The van der Waals surface area contributed by atoms with Crippen LogP contribution in [0.25, 0.3) is 0 Å². The minimum atomic E-state index is -2.47. The first-order chi connectivity index (χ1) is 4.92. The van der Waals surface area contributed by atoms with E-state index in [1.54, 1.807) is 0 Å². The molecule has 1 atom stereocenters. The van der Waals surface area contributed by atoms with E-state index in [1.165, 1.54) is 0 Å². The summed E-state index contributed by atoms with van der Waals surface area (Å²) in [6.45, 7) is 0.0457. The Labute approximate surface area is 82.4 Å². The van der Waals surface area contributed by atoms with Crippen LogP contribution < -0.4 is 0 Å². The van der Waals surface area contributed by atoms with Crippen molar-refractivity contribution in [1.82, 2.24) is 0 Å². The highest BCUT2D eigenvalue weighted by molar-refractivity contribution is 7.74. The molecular weight excluding hydrogens is 234 g/mol. The molecule has 0 fully saturated rings. The van der Waals surface area contributed by atoms with Crippen molar-refractivity contribution >= 4 is 46.2 Å². The Hall–Kier alpha value is 0.940. The molecule has 0 saturated heterocycles. The van der Waals surface area contributed by atoms with E-state index < -0.39 is 15.2 Å². The van der Waals surface area contributed by atoms with E-state index in [1.807, 2.05) is 0 Å². The fourth-order valence-electron chi connectivity index (χ4n) is 0.400. The fraction of sp³-hybridized carbons (Fsp3) is 1.00. The fourth-order valence-corrected chi connectivity index (χ4v) is 1.05. The predicted molar refractivity (Wildman–Crippen MR) is 44.4 cm³/mol. The number of hydrogen-bond acceptors (Lipinski definition) is 3. The van der Waals surface area contributed by atoms with Gasteiger partial charge in [0.15, 0.2) is 3.79 Å². The summed E-state index contributed by atoms with van der Waals surface area (Å²) in [5.74, 6) is 0. The van der Waals surface area contributed by atoms with Gasteiger partial charge in [-0.1, -0.05) is 34.8 Å². The molecule has 0 aromatic rings. The van der Waals surface area contributed by atoms with Gasteiger partial charge in [-0.25, -0.2) is 4.21 Å². The first kappa shape index (κ1) is 11.9. The van der Waals surface area contributed by atoms with Crippen molar-refractivity contribution in [2.75, 3.05) is 6.61 Å². The highest BCUT2D eigenvalue weighted by Gasteiger charge is 2.18. The summed E-state index contributed by atoms with van der Waals surface area (Å²) in [6, 6.07) is 0. The number of alkyl halides is 3. The maximum Gasteiger partial charge on any atom is 0.190 e. The molecule has 0 spiro atoms. The van der Waals surface area contributed by atoms with Crippen molar-refractivity contribution in [1.29, 1.82) is 0 Å². The molecule has 0 bridgehead atoms. The molecule has 0 heterocycles. The lowest BCUT2D eigenvalue weighted by Gasteiger charge is -2.10. The molecule has 0 radical (unpaired) electrons. The second-order valence-corrected chi connectivity index (χ2v) is 4.90. The summed E-state index contributed by atoms with van der Waals surface area (Å²) in [6.07, 6.45) is 0.666. The van der Waals surface area contributed by atoms with Crippen LogP contribution in [0.4, 0.5) is 0 Å². The van der Waals surface area contributed by atoms with Crippen molar-refractivity contribution in [3.05, 3.63) is 0 Å². The topological polar surface area (TPSA) is 49.4 Å². The Kier molecular flexibility index (Phi) is 6.04. The maximum atomic E-state index is 9.80. The van der Waals surface area contributed by atoms with E-state index in [-0.39, 0.29) is 13.0 Å². The first-order valence-electron chi connectivity index (χ1n) is 2.71. The molecule has 68 valence electrons. The molecule has 0 amide bonds. The summed E-state index contributed by atoms with van der Waals surface area (Å²) in [7, 11) is 0. The molecule has 0 aromatic heterocycles. The number of rotatable bonds is 4. The van der Waals surface area contributed by atoms with Crippen LogP contribution in [0.3, 0.4) is 0 Å². The van der Waals surface area contributed by atoms with Crippen LogP contribution in [0.5, 0.6) is 0 Å². The van der Waals surface area contributed by atoms with Gasteiger partial charge in [0.05, 0.1) is 18.0 Å². The van der Waals surface area contributed by atoms with Gasteiger partial charge < -0.3 is 8.74 Å². The van der Waals surface area contributed by atoms with Crippen LogP contribution in [-0.4, -0.2) is 19.2 Å². The van der Waals surface area contributed by atoms with Gasteiger partial charge in [-0.05, 0) is 12.8 Å². The summed E-state index contributed by atoms with van der Waals surface area (Å²) in [5.41, 5.74) is 0. The third-order valence-electron chi connectivity index (χ3n) is 0.784. The van der Waals surface area contributed by atoms with Gasteiger partial charge in [0.2, 0.25) is 0 Å². The van der Waals surface area contributed by atoms with Gasteiger partial charge in [0.1, 0.15) is 0 Å². The molecule has 0 saturated carbocycles. The summed E-state index contributed by atoms with van der Waals surface area (Å²) >= 11 is 13.6. The van der Waals surface area contributed by atoms with Crippen molar-refractivity contribution in [3.63, 3.8) is 0 Å². The van der Waals surface area contributed by atoms with Gasteiger partial charge in [-0.2, -0.15) is 0 Å². The normalized spacial score (nSPS) is 14.9. The Morgan fingerprint density at radius 2 is 2.00 bits per heavy atom. The summed E-state index contributed by atoms with van der Waals surface area (Å²) in [4.78, 5) is 0. The minimum absolute atomic E-state index is 0.0457. The van der Waals surface area contributed by atoms with Gasteiger partial charge in [0.25, 0.3) is 0 Å². The minimum Gasteiger partial charge on any atom is -0.750 e. The Balaban J connectivity index is 3.22. The molecule has 0 aliphatic rings. The lowest BCUT2D eigenvalue weighted by atomic mass is 10.4. The molecule has 0 aromatic carbocycles. The second kappa shape index (κ2) is 5.56. The van der Waals surface area contributed by atoms with Crippen molar-refractivity contribution in [2.45, 2.75) is 16.6 Å². The van der Waals surface area contributed by atoms with Crippen molar-refractivity contribution < 1.29 is 12.9 Å². The van der Waals surface area contributed by atoms with E-state index in [2.05, 4.69) is 4.18 Å². The quantitative estimate of drug-likeness (QED) is 0.429. The van der Waals surface area contributed by atoms with E-state index in [9.17, 15) is 8.76 Å². The largest absolute Gasteiger partial charge is 0.750 e. The maximum absolute atomic E-state index is 9.80. The number of hydrogen-bond donors (Lipinski definition) is 0. The standard InChI is InChI=1S/C4H7Cl3O3S/c5-4(6,7)2-1-3-10-11(8)9/h1-3H2,(H,8,9)/p-1. The smallest absolute Gasteiger partial charge is 0.190 e. The third kappa shape index (κ3) is 10.9. The van der Waals surface area contributed by atoms with Crippen molar-refractivity contribution in [2.24, 2.45) is 0 Å². The summed E-state index contributed by atoms with van der Waals surface area (Å²) in [5, 5.41) is 0. The van der Waals surface area contributed by atoms with Gasteiger partial charge in [-0.15, -0.1) is 0 Å².